The van der Waals surface area contributed by atoms with Crippen LogP contribution in [0.25, 0.3) is 0 Å². The lowest BCUT2D eigenvalue weighted by molar-refractivity contribution is -0.128. The van der Waals surface area contributed by atoms with Crippen LogP contribution in [-0.2, 0) is 24.4 Å². The van der Waals surface area contributed by atoms with E-state index in [9.17, 15) is 4.79 Å². The highest BCUT2D eigenvalue weighted by molar-refractivity contribution is 14.0. The Balaban J connectivity index is 0.00000300. The Morgan fingerprint density at radius 3 is 2.72 bits per heavy atom. The van der Waals surface area contributed by atoms with Crippen LogP contribution in [0.1, 0.15) is 41.6 Å². The van der Waals surface area contributed by atoms with Gasteiger partial charge in [-0.05, 0) is 31.4 Å². The van der Waals surface area contributed by atoms with Crippen molar-refractivity contribution in [2.45, 2.75) is 46.3 Å². The number of hydrogen-bond donors (Lipinski definition) is 1. The van der Waals surface area contributed by atoms with Crippen molar-refractivity contribution in [3.8, 4) is 0 Å². The molecule has 1 aromatic heterocycles. The van der Waals surface area contributed by atoms with Gasteiger partial charge in [-0.15, -0.1) is 35.3 Å². The van der Waals surface area contributed by atoms with Gasteiger partial charge in [0.2, 0.25) is 5.91 Å². The molecule has 1 aliphatic rings. The lowest BCUT2D eigenvalue weighted by Crippen LogP contribution is -2.38. The molecule has 0 bridgehead atoms. The maximum atomic E-state index is 12.0. The molecule has 29 heavy (non-hydrogen) atoms. The number of rotatable bonds is 7. The number of carbonyl (C=O) groups is 1. The maximum absolute atomic E-state index is 12.0. The van der Waals surface area contributed by atoms with Crippen LogP contribution in [0.5, 0.6) is 0 Å². The van der Waals surface area contributed by atoms with Crippen LogP contribution < -0.4 is 5.32 Å². The highest BCUT2D eigenvalue weighted by Gasteiger charge is 2.20. The molecular weight excluding hydrogens is 497 g/mol. The molecule has 1 amide bonds. The number of hydrogen-bond acceptors (Lipinski definition) is 4. The van der Waals surface area contributed by atoms with E-state index in [4.69, 9.17) is 4.99 Å². The molecule has 1 aliphatic heterocycles. The summed E-state index contributed by atoms with van der Waals surface area (Å²) in [5, 5.41) is 6.54. The van der Waals surface area contributed by atoms with Gasteiger partial charge in [-0.25, -0.2) is 9.98 Å². The monoisotopic (exact) mass is 527 g/mol. The minimum Gasteiger partial charge on any atom is -0.357 e. The number of benzene rings is 1. The second-order valence-corrected chi connectivity index (χ2v) is 8.13. The number of likely N-dealkylation sites (tertiary alicyclic amines) is 1. The second-order valence-electron chi connectivity index (χ2n) is 7.07. The Hall–Kier alpha value is -1.68. The molecule has 2 heterocycles. The highest BCUT2D eigenvalue weighted by Crippen LogP contribution is 2.18. The fraction of sp³-hybridized carbons (Fsp3) is 0.476. The predicted octanol–water partition coefficient (Wildman–Crippen LogP) is 3.79. The summed E-state index contributed by atoms with van der Waals surface area (Å²) in [6.07, 6.45) is 1.64. The molecule has 0 aliphatic carbocycles. The number of aryl methyl sites for hydroxylation is 1. The fourth-order valence-corrected chi connectivity index (χ4v) is 3.98. The topological polar surface area (TPSA) is 60.8 Å². The Morgan fingerprint density at radius 2 is 2.10 bits per heavy atom. The fourth-order valence-electron chi connectivity index (χ4n) is 3.37. The number of thiazole rings is 1. The smallest absolute Gasteiger partial charge is 0.222 e. The van der Waals surface area contributed by atoms with Gasteiger partial charge >= 0.3 is 0 Å². The third kappa shape index (κ3) is 6.67. The van der Waals surface area contributed by atoms with Crippen LogP contribution in [0, 0.1) is 6.92 Å². The molecule has 2 aromatic rings. The third-order valence-corrected chi connectivity index (χ3v) is 5.63. The van der Waals surface area contributed by atoms with Crippen molar-refractivity contribution >= 4 is 47.2 Å². The zero-order chi connectivity index (χ0) is 19.9. The van der Waals surface area contributed by atoms with Gasteiger partial charge in [-0.3, -0.25) is 4.79 Å². The molecule has 1 N–H and O–H groups in total. The Morgan fingerprint density at radius 1 is 1.34 bits per heavy atom. The summed E-state index contributed by atoms with van der Waals surface area (Å²) in [6.45, 7) is 7.74. The van der Waals surface area contributed by atoms with E-state index in [1.54, 1.807) is 11.3 Å². The Bertz CT molecular complexity index is 838. The standard InChI is InChI=1S/C21H29N5OS.HI/c1-4-22-21(25(3)14-19-15-28-16(2)24-19)23-12-17-8-5-6-9-18(17)13-26-11-7-10-20(26)27;/h5-6,8-9,15H,4,7,10-14H2,1-3H3,(H,22,23);1H. The maximum Gasteiger partial charge on any atom is 0.222 e. The number of guanidine groups is 1. The van der Waals surface area contributed by atoms with Crippen molar-refractivity contribution in [3.63, 3.8) is 0 Å². The number of aromatic nitrogens is 1. The van der Waals surface area contributed by atoms with Crippen molar-refractivity contribution in [3.05, 3.63) is 51.5 Å². The summed E-state index contributed by atoms with van der Waals surface area (Å²) in [5.74, 6) is 1.12. The largest absolute Gasteiger partial charge is 0.357 e. The van der Waals surface area contributed by atoms with E-state index in [0.29, 0.717) is 19.5 Å². The van der Waals surface area contributed by atoms with E-state index in [0.717, 1.165) is 48.3 Å². The minimum atomic E-state index is 0. The summed E-state index contributed by atoms with van der Waals surface area (Å²) in [4.78, 5) is 25.4. The lowest BCUT2D eigenvalue weighted by Gasteiger charge is -2.22. The van der Waals surface area contributed by atoms with Gasteiger partial charge in [0, 0.05) is 38.5 Å². The number of amides is 1. The van der Waals surface area contributed by atoms with Gasteiger partial charge < -0.3 is 15.1 Å². The van der Waals surface area contributed by atoms with Gasteiger partial charge in [-0.1, -0.05) is 24.3 Å². The van der Waals surface area contributed by atoms with Crippen molar-refractivity contribution in [2.75, 3.05) is 20.1 Å². The summed E-state index contributed by atoms with van der Waals surface area (Å²) in [7, 11) is 2.03. The van der Waals surface area contributed by atoms with Crippen LogP contribution in [0.3, 0.4) is 0 Å². The highest BCUT2D eigenvalue weighted by atomic mass is 127. The van der Waals surface area contributed by atoms with Gasteiger partial charge in [-0.2, -0.15) is 0 Å². The molecule has 1 aromatic carbocycles. The molecule has 0 atom stereocenters. The first-order chi connectivity index (χ1) is 13.6. The number of nitrogens with one attached hydrogen (secondary N) is 1. The van der Waals surface area contributed by atoms with Crippen LogP contribution >= 0.6 is 35.3 Å². The van der Waals surface area contributed by atoms with Gasteiger partial charge in [0.25, 0.3) is 0 Å². The zero-order valence-electron chi connectivity index (χ0n) is 17.4. The quantitative estimate of drug-likeness (QED) is 0.338. The zero-order valence-corrected chi connectivity index (χ0v) is 20.5. The van der Waals surface area contributed by atoms with Gasteiger partial charge in [0.15, 0.2) is 5.96 Å². The van der Waals surface area contributed by atoms with Crippen LogP contribution in [0.2, 0.25) is 0 Å². The summed E-state index contributed by atoms with van der Waals surface area (Å²) in [5.41, 5.74) is 3.40. The summed E-state index contributed by atoms with van der Waals surface area (Å²) in [6, 6.07) is 8.28. The first-order valence-corrected chi connectivity index (χ1v) is 10.7. The molecule has 8 heteroatoms. The molecule has 3 rings (SSSR count). The van der Waals surface area contributed by atoms with E-state index in [1.165, 1.54) is 5.56 Å². The average molecular weight is 527 g/mol. The van der Waals surface area contributed by atoms with E-state index in [1.807, 2.05) is 31.0 Å². The molecular formula is C21H30IN5OS. The Labute approximate surface area is 194 Å². The molecule has 0 radical (unpaired) electrons. The molecule has 6 nitrogen and oxygen atoms in total. The van der Waals surface area contributed by atoms with Gasteiger partial charge in [0.05, 0.1) is 23.8 Å². The number of carbonyl (C=O) groups excluding carboxylic acids is 1. The number of halogens is 1. The van der Waals surface area contributed by atoms with Gasteiger partial charge in [0.1, 0.15) is 0 Å². The predicted molar refractivity (Wildman–Crippen MR) is 130 cm³/mol. The van der Waals surface area contributed by atoms with Crippen LogP contribution in [-0.4, -0.2) is 46.8 Å². The van der Waals surface area contributed by atoms with Crippen molar-refractivity contribution in [2.24, 2.45) is 4.99 Å². The van der Waals surface area contributed by atoms with E-state index >= 15 is 0 Å². The molecule has 1 fully saturated rings. The summed E-state index contributed by atoms with van der Waals surface area (Å²) < 4.78 is 0. The third-order valence-electron chi connectivity index (χ3n) is 4.81. The SMILES string of the molecule is CCNC(=NCc1ccccc1CN1CCCC1=O)N(C)Cc1csc(C)n1.I. The summed E-state index contributed by atoms with van der Waals surface area (Å²) >= 11 is 1.67. The number of nitrogens with zero attached hydrogens (tertiary/aromatic N) is 4. The van der Waals surface area contributed by atoms with E-state index in [2.05, 4.69) is 39.6 Å². The normalized spacial score (nSPS) is 14.1. The van der Waals surface area contributed by atoms with Crippen molar-refractivity contribution in [1.82, 2.24) is 20.1 Å². The lowest BCUT2D eigenvalue weighted by atomic mass is 10.1. The van der Waals surface area contributed by atoms with E-state index < -0.39 is 0 Å². The van der Waals surface area contributed by atoms with Crippen molar-refractivity contribution < 1.29 is 4.79 Å². The molecule has 0 unspecified atom stereocenters. The molecule has 158 valence electrons. The minimum absolute atomic E-state index is 0. The molecule has 0 saturated carbocycles. The van der Waals surface area contributed by atoms with Crippen LogP contribution in [0.15, 0.2) is 34.6 Å². The first-order valence-electron chi connectivity index (χ1n) is 9.82. The average Bonchev–Trinajstić information content (AvgIpc) is 3.27. The van der Waals surface area contributed by atoms with Crippen molar-refractivity contribution in [1.29, 1.82) is 0 Å². The van der Waals surface area contributed by atoms with E-state index in [-0.39, 0.29) is 29.9 Å². The second kappa shape index (κ2) is 11.5. The molecule has 0 spiro atoms. The first kappa shape index (κ1) is 23.6. The number of aliphatic imine (C=N–C) groups is 1. The Kier molecular flexibility index (Phi) is 9.35. The molecule has 1 saturated heterocycles. The van der Waals surface area contributed by atoms with Crippen LogP contribution in [0.4, 0.5) is 0 Å².